The molecular formula is C14H28B2O6S. The molecule has 6 atom stereocenters. The Morgan fingerprint density at radius 2 is 1.70 bits per heavy atom. The third kappa shape index (κ3) is 5.92. The molecule has 2 aliphatic rings. The highest BCUT2D eigenvalue weighted by molar-refractivity contribution is 7.80. The van der Waals surface area contributed by atoms with Crippen LogP contribution in [0.5, 0.6) is 0 Å². The van der Waals surface area contributed by atoms with Crippen LogP contribution < -0.4 is 0 Å². The van der Waals surface area contributed by atoms with E-state index in [2.05, 4.69) is 26.3 Å². The number of aliphatic hydroxyl groups excluding tert-OH is 1. The van der Waals surface area contributed by atoms with E-state index in [0.29, 0.717) is 25.6 Å². The molecule has 0 radical (unpaired) electrons. The Kier molecular flexibility index (Phi) is 8.74. The van der Waals surface area contributed by atoms with Crippen molar-refractivity contribution in [3.05, 3.63) is 0 Å². The topological polar surface area (TPSA) is 66.4 Å². The van der Waals surface area contributed by atoms with Crippen molar-refractivity contribution >= 4 is 27.2 Å². The Balaban J connectivity index is 1.66. The van der Waals surface area contributed by atoms with E-state index in [1.54, 1.807) is 0 Å². The van der Waals surface area contributed by atoms with E-state index < -0.39 is 6.10 Å². The molecule has 0 spiro atoms. The molecule has 0 bridgehead atoms. The lowest BCUT2D eigenvalue weighted by Gasteiger charge is -2.20. The Bertz CT molecular complexity index is 340. The van der Waals surface area contributed by atoms with Crippen LogP contribution in [0, 0.1) is 0 Å². The highest BCUT2D eigenvalue weighted by atomic mass is 32.1. The zero-order valence-electron chi connectivity index (χ0n) is 14.1. The second-order valence-electron chi connectivity index (χ2n) is 6.14. The summed E-state index contributed by atoms with van der Waals surface area (Å²) in [6, 6.07) is 0.342. The molecule has 6 nitrogen and oxygen atoms in total. The van der Waals surface area contributed by atoms with Crippen LogP contribution in [0.1, 0.15) is 12.8 Å². The van der Waals surface area contributed by atoms with Crippen molar-refractivity contribution in [3.8, 4) is 0 Å². The van der Waals surface area contributed by atoms with Crippen molar-refractivity contribution in [3.63, 3.8) is 0 Å². The highest BCUT2D eigenvalue weighted by Crippen LogP contribution is 2.24. The minimum absolute atomic E-state index is 0.0300. The molecule has 2 unspecified atom stereocenters. The van der Waals surface area contributed by atoms with Gasteiger partial charge in [-0.05, 0) is 12.8 Å². The van der Waals surface area contributed by atoms with Crippen LogP contribution in [0.2, 0.25) is 13.6 Å². The quantitative estimate of drug-likeness (QED) is 0.247. The molecule has 2 heterocycles. The third-order valence-corrected chi connectivity index (χ3v) is 4.69. The van der Waals surface area contributed by atoms with Gasteiger partial charge >= 0.3 is 0 Å². The summed E-state index contributed by atoms with van der Waals surface area (Å²) >= 11 is 4.05. The summed E-state index contributed by atoms with van der Waals surface area (Å²) in [7, 11) is 1.87. The number of hydrogen-bond donors (Lipinski definition) is 2. The van der Waals surface area contributed by atoms with Gasteiger partial charge in [0, 0.05) is 12.0 Å². The van der Waals surface area contributed by atoms with Crippen molar-refractivity contribution in [2.75, 3.05) is 25.9 Å². The van der Waals surface area contributed by atoms with Crippen molar-refractivity contribution in [1.82, 2.24) is 0 Å². The molecule has 2 rings (SSSR count). The van der Waals surface area contributed by atoms with Crippen molar-refractivity contribution in [2.45, 2.75) is 62.9 Å². The van der Waals surface area contributed by atoms with E-state index in [1.165, 1.54) is 0 Å². The van der Waals surface area contributed by atoms with Gasteiger partial charge < -0.3 is 28.8 Å². The highest BCUT2D eigenvalue weighted by Gasteiger charge is 2.36. The second kappa shape index (κ2) is 10.3. The molecule has 132 valence electrons. The monoisotopic (exact) mass is 346 g/mol. The van der Waals surface area contributed by atoms with Gasteiger partial charge in [-0.3, -0.25) is 0 Å². The Morgan fingerprint density at radius 1 is 1.04 bits per heavy atom. The van der Waals surface area contributed by atoms with Crippen molar-refractivity contribution in [2.24, 2.45) is 0 Å². The minimum atomic E-state index is -0.448. The lowest BCUT2D eigenvalue weighted by atomic mass is 9.73. The maximum absolute atomic E-state index is 9.92. The molecule has 2 saturated heterocycles. The van der Waals surface area contributed by atoms with Gasteiger partial charge in [0.15, 0.2) is 14.6 Å². The number of thiol groups is 1. The van der Waals surface area contributed by atoms with Crippen LogP contribution in [0.25, 0.3) is 0 Å². The molecule has 0 aliphatic carbocycles. The molecule has 0 aromatic heterocycles. The summed E-state index contributed by atoms with van der Waals surface area (Å²) in [6.45, 7) is 5.16. The van der Waals surface area contributed by atoms with Crippen LogP contribution in [-0.2, 0) is 23.7 Å². The van der Waals surface area contributed by atoms with Crippen molar-refractivity contribution in [1.29, 1.82) is 0 Å². The fourth-order valence-electron chi connectivity index (χ4n) is 3.08. The molecule has 2 aliphatic heterocycles. The average Bonchev–Trinajstić information content (AvgIpc) is 3.12. The maximum Gasteiger partial charge on any atom is 0.154 e. The van der Waals surface area contributed by atoms with E-state index in [0.717, 1.165) is 21.0 Å². The van der Waals surface area contributed by atoms with Crippen LogP contribution in [0.4, 0.5) is 0 Å². The van der Waals surface area contributed by atoms with E-state index in [1.807, 2.05) is 0 Å². The van der Waals surface area contributed by atoms with Crippen LogP contribution >= 0.6 is 12.6 Å². The first-order chi connectivity index (χ1) is 11.2. The third-order valence-electron chi connectivity index (χ3n) is 4.51. The molecule has 23 heavy (non-hydrogen) atoms. The summed E-state index contributed by atoms with van der Waals surface area (Å²) in [5, 5.41) is 9.92. The standard InChI is InChI=1S/C14H28B2O6S/c1-15-13-3-9(17)11(21-13)5-18-7-20-10-4-14(16-2)22-12(10)6-19-8-23/h9-17,23H,3-8H2,1-2H3/t9?,10?,11-,12-,13-,14-/m1/s1. The number of ether oxygens (including phenoxy) is 5. The zero-order valence-corrected chi connectivity index (χ0v) is 15.0. The van der Waals surface area contributed by atoms with Crippen molar-refractivity contribution < 1.29 is 28.8 Å². The van der Waals surface area contributed by atoms with E-state index in [4.69, 9.17) is 23.7 Å². The predicted octanol–water partition coefficient (Wildman–Crippen LogP) is -0.190. The fourth-order valence-corrected chi connectivity index (χ4v) is 3.19. The maximum atomic E-state index is 9.92. The molecule has 0 aromatic carbocycles. The summed E-state index contributed by atoms with van der Waals surface area (Å²) in [6.07, 6.45) is 0.723. The van der Waals surface area contributed by atoms with Gasteiger partial charge in [-0.1, -0.05) is 13.6 Å². The normalized spacial score (nSPS) is 37.2. The molecule has 0 saturated carbocycles. The van der Waals surface area contributed by atoms with Crippen LogP contribution in [0.3, 0.4) is 0 Å². The van der Waals surface area contributed by atoms with Gasteiger partial charge in [0.05, 0.1) is 31.4 Å². The van der Waals surface area contributed by atoms with Gasteiger partial charge in [0.2, 0.25) is 0 Å². The lowest BCUT2D eigenvalue weighted by molar-refractivity contribution is -0.137. The van der Waals surface area contributed by atoms with E-state index in [9.17, 15) is 5.11 Å². The minimum Gasteiger partial charge on any atom is -0.390 e. The zero-order chi connectivity index (χ0) is 16.7. The van der Waals surface area contributed by atoms with E-state index in [-0.39, 0.29) is 37.1 Å². The molecular weight excluding hydrogens is 318 g/mol. The predicted molar refractivity (Wildman–Crippen MR) is 94.1 cm³/mol. The van der Waals surface area contributed by atoms with Crippen LogP contribution in [0.15, 0.2) is 0 Å². The van der Waals surface area contributed by atoms with Gasteiger partial charge in [-0.15, -0.1) is 0 Å². The largest absolute Gasteiger partial charge is 0.390 e. The Hall–Kier alpha value is 0.240. The first-order valence-corrected chi connectivity index (χ1v) is 9.18. The molecule has 0 aromatic rings. The summed E-state index contributed by atoms with van der Waals surface area (Å²) < 4.78 is 28.3. The van der Waals surface area contributed by atoms with Gasteiger partial charge in [-0.2, -0.15) is 12.6 Å². The first-order valence-electron chi connectivity index (χ1n) is 8.54. The lowest BCUT2D eigenvalue weighted by Crippen LogP contribution is -2.31. The molecule has 9 heteroatoms. The molecule has 1 N–H and O–H groups in total. The van der Waals surface area contributed by atoms with Gasteiger partial charge in [0.1, 0.15) is 19.0 Å². The smallest absolute Gasteiger partial charge is 0.154 e. The average molecular weight is 346 g/mol. The Labute approximate surface area is 145 Å². The number of rotatable bonds is 10. The fraction of sp³-hybridized carbons (Fsp3) is 1.00. The SMILES string of the molecule is CB[C@H]1CC(O)[C@@H](COCOC2C[C@H](BC)O[C@@H]2COCS)O1. The number of aliphatic hydroxyl groups is 1. The Morgan fingerprint density at radius 3 is 2.35 bits per heavy atom. The molecule has 0 amide bonds. The molecule has 2 fully saturated rings. The number of hydrogen-bond acceptors (Lipinski definition) is 7. The summed E-state index contributed by atoms with van der Waals surface area (Å²) in [5.74, 6) is 0.370. The summed E-state index contributed by atoms with van der Waals surface area (Å²) in [5.41, 5.74) is 0. The first kappa shape index (κ1) is 19.6. The second-order valence-corrected chi connectivity index (χ2v) is 6.40. The van der Waals surface area contributed by atoms with Gasteiger partial charge in [-0.25, -0.2) is 0 Å². The van der Waals surface area contributed by atoms with Crippen LogP contribution in [-0.4, -0.2) is 82.0 Å². The summed E-state index contributed by atoms with van der Waals surface area (Å²) in [4.78, 5) is 0. The van der Waals surface area contributed by atoms with E-state index >= 15 is 0 Å². The van der Waals surface area contributed by atoms with Gasteiger partial charge in [0.25, 0.3) is 0 Å².